The zero-order valence-corrected chi connectivity index (χ0v) is 13.9. The van der Waals surface area contributed by atoms with Crippen molar-refractivity contribution in [3.63, 3.8) is 0 Å². The van der Waals surface area contributed by atoms with Crippen molar-refractivity contribution in [2.45, 2.75) is 12.5 Å². The molecule has 2 amide bonds. The van der Waals surface area contributed by atoms with Crippen molar-refractivity contribution in [3.05, 3.63) is 29.3 Å². The molecule has 0 spiro atoms. The Morgan fingerprint density at radius 3 is 2.86 bits per heavy atom. The summed E-state index contributed by atoms with van der Waals surface area (Å²) >= 11 is 5.89. The number of rotatable bonds is 5. The number of nitrogens with zero attached hydrogens (tertiary/aromatic N) is 1. The first-order valence-electron chi connectivity index (χ1n) is 6.94. The van der Waals surface area contributed by atoms with Gasteiger partial charge in [0.25, 0.3) is 0 Å². The van der Waals surface area contributed by atoms with E-state index < -0.39 is 9.84 Å². The van der Waals surface area contributed by atoms with Crippen molar-refractivity contribution >= 4 is 33.2 Å². The van der Waals surface area contributed by atoms with Crippen LogP contribution in [0.1, 0.15) is 6.42 Å². The normalized spacial score (nSPS) is 19.8. The second-order valence-electron chi connectivity index (χ2n) is 5.18. The largest absolute Gasteiger partial charge is 0.383 e. The molecule has 1 N–H and O–H groups in total. The number of benzene rings is 1. The summed E-state index contributed by atoms with van der Waals surface area (Å²) in [6.45, 7) is 0.683. The van der Waals surface area contributed by atoms with Gasteiger partial charge < -0.3 is 15.0 Å². The van der Waals surface area contributed by atoms with Crippen molar-refractivity contribution in [3.8, 4) is 0 Å². The average Bonchev–Trinajstić information content (AvgIpc) is 2.79. The summed E-state index contributed by atoms with van der Waals surface area (Å²) < 4.78 is 28.3. The Bertz CT molecular complexity index is 635. The fourth-order valence-corrected chi connectivity index (χ4v) is 4.34. The van der Waals surface area contributed by atoms with Gasteiger partial charge in [-0.2, -0.15) is 0 Å². The molecule has 1 saturated heterocycles. The van der Waals surface area contributed by atoms with E-state index in [0.717, 1.165) is 0 Å². The molecule has 1 aromatic carbocycles. The van der Waals surface area contributed by atoms with Gasteiger partial charge >= 0.3 is 6.03 Å². The molecule has 1 aromatic rings. The lowest BCUT2D eigenvalue weighted by molar-refractivity contribution is 0.140. The second-order valence-corrected chi connectivity index (χ2v) is 7.85. The Balaban J connectivity index is 2.09. The van der Waals surface area contributed by atoms with Gasteiger partial charge in [0.1, 0.15) is 0 Å². The summed E-state index contributed by atoms with van der Waals surface area (Å²) in [7, 11) is -1.52. The van der Waals surface area contributed by atoms with Gasteiger partial charge in [-0.25, -0.2) is 13.2 Å². The van der Waals surface area contributed by atoms with E-state index in [9.17, 15) is 13.2 Å². The van der Waals surface area contributed by atoms with Gasteiger partial charge in [0.2, 0.25) is 0 Å². The molecular weight excluding hydrogens is 328 g/mol. The molecule has 6 nitrogen and oxygen atoms in total. The predicted molar refractivity (Wildman–Crippen MR) is 86.1 cm³/mol. The van der Waals surface area contributed by atoms with E-state index in [-0.39, 0.29) is 23.6 Å². The zero-order valence-electron chi connectivity index (χ0n) is 12.3. The standard InChI is InChI=1S/C14H19ClN2O4S/c1-21-7-6-17(13-5-8-22(19,20)10-13)14(18)16-12-4-2-3-11(15)9-12/h2-4,9,13H,5-8,10H2,1H3,(H,16,18). The third kappa shape index (κ3) is 4.59. The highest BCUT2D eigenvalue weighted by Crippen LogP contribution is 2.20. The summed E-state index contributed by atoms with van der Waals surface area (Å²) in [5.41, 5.74) is 0.570. The van der Waals surface area contributed by atoms with Crippen LogP contribution in [0, 0.1) is 0 Å². The van der Waals surface area contributed by atoms with Gasteiger partial charge in [-0.05, 0) is 24.6 Å². The fraction of sp³-hybridized carbons (Fsp3) is 0.500. The van der Waals surface area contributed by atoms with Crippen LogP contribution in [0.2, 0.25) is 5.02 Å². The van der Waals surface area contributed by atoms with Crippen molar-refractivity contribution in [2.24, 2.45) is 0 Å². The van der Waals surface area contributed by atoms with E-state index in [1.165, 1.54) is 4.90 Å². The van der Waals surface area contributed by atoms with Crippen molar-refractivity contribution in [1.82, 2.24) is 4.90 Å². The van der Waals surface area contributed by atoms with Crippen LogP contribution in [0.25, 0.3) is 0 Å². The Kier molecular flexibility index (Phi) is 5.66. The molecule has 0 aliphatic carbocycles. The van der Waals surface area contributed by atoms with Gasteiger partial charge in [0, 0.05) is 30.4 Å². The number of halogens is 1. The second kappa shape index (κ2) is 7.30. The smallest absolute Gasteiger partial charge is 0.322 e. The minimum Gasteiger partial charge on any atom is -0.383 e. The number of anilines is 1. The molecule has 8 heteroatoms. The van der Waals surface area contributed by atoms with Crippen LogP contribution in [-0.2, 0) is 14.6 Å². The summed E-state index contributed by atoms with van der Waals surface area (Å²) in [4.78, 5) is 14.0. The lowest BCUT2D eigenvalue weighted by Gasteiger charge is -2.28. The maximum Gasteiger partial charge on any atom is 0.322 e. The zero-order chi connectivity index (χ0) is 16.2. The first-order chi connectivity index (χ1) is 10.4. The van der Waals surface area contributed by atoms with Crippen LogP contribution in [0.4, 0.5) is 10.5 Å². The number of methoxy groups -OCH3 is 1. The summed E-state index contributed by atoms with van der Waals surface area (Å²) in [5, 5.41) is 3.27. The number of ether oxygens (including phenoxy) is 1. The first kappa shape index (κ1) is 17.1. The number of urea groups is 1. The highest BCUT2D eigenvalue weighted by atomic mass is 35.5. The van der Waals surface area contributed by atoms with E-state index >= 15 is 0 Å². The van der Waals surface area contributed by atoms with Gasteiger partial charge in [-0.15, -0.1) is 0 Å². The third-order valence-corrected chi connectivity index (χ3v) is 5.51. The predicted octanol–water partition coefficient (Wildman–Crippen LogP) is 2.01. The average molecular weight is 347 g/mol. The summed E-state index contributed by atoms with van der Waals surface area (Å²) in [6.07, 6.45) is 0.453. The molecule has 2 rings (SSSR count). The minimum atomic E-state index is -3.06. The van der Waals surface area contributed by atoms with Gasteiger partial charge in [-0.3, -0.25) is 0 Å². The van der Waals surface area contributed by atoms with Crippen molar-refractivity contribution in [1.29, 1.82) is 0 Å². The molecule has 22 heavy (non-hydrogen) atoms. The van der Waals surface area contributed by atoms with Crippen LogP contribution >= 0.6 is 11.6 Å². The highest BCUT2D eigenvalue weighted by Gasteiger charge is 2.34. The van der Waals surface area contributed by atoms with Gasteiger partial charge in [0.05, 0.1) is 18.1 Å². The van der Waals surface area contributed by atoms with E-state index in [1.54, 1.807) is 31.4 Å². The van der Waals surface area contributed by atoms with Gasteiger partial charge in [-0.1, -0.05) is 17.7 Å². The van der Waals surface area contributed by atoms with Crippen LogP contribution in [0.5, 0.6) is 0 Å². The molecule has 1 aliphatic rings. The SMILES string of the molecule is COCCN(C(=O)Nc1cccc(Cl)c1)C1CCS(=O)(=O)C1. The molecule has 1 heterocycles. The topological polar surface area (TPSA) is 75.7 Å². The molecule has 1 aliphatic heterocycles. The summed E-state index contributed by atoms with van der Waals surface area (Å²) in [6, 6.07) is 6.14. The fourth-order valence-electron chi connectivity index (χ4n) is 2.42. The Labute approximate surface area is 135 Å². The summed E-state index contributed by atoms with van der Waals surface area (Å²) in [5.74, 6) is 0.116. The Morgan fingerprint density at radius 2 is 2.27 bits per heavy atom. The number of carbonyl (C=O) groups is 1. The Morgan fingerprint density at radius 1 is 1.50 bits per heavy atom. The van der Waals surface area contributed by atoms with E-state index in [0.29, 0.717) is 30.3 Å². The van der Waals surface area contributed by atoms with Crippen LogP contribution in [0.3, 0.4) is 0 Å². The maximum absolute atomic E-state index is 12.4. The number of sulfone groups is 1. The maximum atomic E-state index is 12.4. The van der Waals surface area contributed by atoms with Gasteiger partial charge in [0.15, 0.2) is 9.84 Å². The molecule has 0 aromatic heterocycles. The molecule has 0 saturated carbocycles. The lowest BCUT2D eigenvalue weighted by Crippen LogP contribution is -2.45. The number of nitrogens with one attached hydrogen (secondary N) is 1. The third-order valence-electron chi connectivity index (χ3n) is 3.52. The quantitative estimate of drug-likeness (QED) is 0.884. The first-order valence-corrected chi connectivity index (χ1v) is 9.14. The van der Waals surface area contributed by atoms with E-state index in [4.69, 9.17) is 16.3 Å². The molecule has 122 valence electrons. The molecular formula is C14H19ClN2O4S. The number of hydrogen-bond acceptors (Lipinski definition) is 4. The van der Waals surface area contributed by atoms with Crippen molar-refractivity contribution < 1.29 is 17.9 Å². The highest BCUT2D eigenvalue weighted by molar-refractivity contribution is 7.91. The number of amides is 2. The molecule has 1 fully saturated rings. The minimum absolute atomic E-state index is 0.000317. The lowest BCUT2D eigenvalue weighted by atomic mass is 10.2. The van der Waals surface area contributed by atoms with Crippen molar-refractivity contribution in [2.75, 3.05) is 37.1 Å². The molecule has 1 unspecified atom stereocenters. The monoisotopic (exact) mass is 346 g/mol. The van der Waals surface area contributed by atoms with Crippen LogP contribution in [-0.4, -0.2) is 57.2 Å². The molecule has 0 bridgehead atoms. The van der Waals surface area contributed by atoms with E-state index in [1.807, 2.05) is 0 Å². The number of hydrogen-bond donors (Lipinski definition) is 1. The molecule has 0 radical (unpaired) electrons. The van der Waals surface area contributed by atoms with E-state index in [2.05, 4.69) is 5.32 Å². The van der Waals surface area contributed by atoms with Crippen LogP contribution in [0.15, 0.2) is 24.3 Å². The Hall–Kier alpha value is -1.31. The molecule has 1 atom stereocenters. The van der Waals surface area contributed by atoms with Crippen LogP contribution < -0.4 is 5.32 Å². The number of carbonyl (C=O) groups excluding carboxylic acids is 1.